The van der Waals surface area contributed by atoms with Crippen LogP contribution in [0.4, 0.5) is 4.39 Å². The van der Waals surface area contributed by atoms with Gasteiger partial charge >= 0.3 is 0 Å². The van der Waals surface area contributed by atoms with Crippen molar-refractivity contribution in [2.24, 2.45) is 0 Å². The zero-order valence-corrected chi connectivity index (χ0v) is 15.4. The Kier molecular flexibility index (Phi) is 5.86. The van der Waals surface area contributed by atoms with Crippen LogP contribution in [-0.4, -0.2) is 29.3 Å². The minimum Gasteiger partial charge on any atom is -0.497 e. The van der Waals surface area contributed by atoms with Gasteiger partial charge in [0, 0.05) is 24.7 Å². The highest BCUT2D eigenvalue weighted by atomic mass is 19.1. The van der Waals surface area contributed by atoms with Gasteiger partial charge in [0.1, 0.15) is 17.3 Å². The summed E-state index contributed by atoms with van der Waals surface area (Å²) < 4.78 is 20.9. The predicted octanol–water partition coefficient (Wildman–Crippen LogP) is 3.69. The highest BCUT2D eigenvalue weighted by Gasteiger charge is 2.17. The highest BCUT2D eigenvalue weighted by Crippen LogP contribution is 2.26. The van der Waals surface area contributed by atoms with Gasteiger partial charge in [-0.15, -0.1) is 0 Å². The van der Waals surface area contributed by atoms with E-state index in [2.05, 4.69) is 10.4 Å². The Morgan fingerprint density at radius 2 is 1.96 bits per heavy atom. The van der Waals surface area contributed by atoms with Crippen molar-refractivity contribution in [2.75, 3.05) is 13.7 Å². The molecular weight excluding hydrogens is 345 g/mol. The van der Waals surface area contributed by atoms with E-state index in [0.717, 1.165) is 12.0 Å². The summed E-state index contributed by atoms with van der Waals surface area (Å²) in [6, 6.07) is 16.1. The number of aromatic nitrogens is 2. The lowest BCUT2D eigenvalue weighted by atomic mass is 10.1. The fourth-order valence-electron chi connectivity index (χ4n) is 2.86. The summed E-state index contributed by atoms with van der Waals surface area (Å²) in [5.41, 5.74) is 2.32. The van der Waals surface area contributed by atoms with Crippen molar-refractivity contribution in [2.45, 2.75) is 19.9 Å². The summed E-state index contributed by atoms with van der Waals surface area (Å²) in [4.78, 5) is 12.6. The van der Waals surface area contributed by atoms with E-state index in [-0.39, 0.29) is 5.91 Å². The second-order valence-corrected chi connectivity index (χ2v) is 6.07. The maximum atomic E-state index is 14.3. The molecule has 27 heavy (non-hydrogen) atoms. The molecule has 1 amide bonds. The van der Waals surface area contributed by atoms with E-state index in [9.17, 15) is 9.18 Å². The van der Waals surface area contributed by atoms with Crippen molar-refractivity contribution < 1.29 is 13.9 Å². The first kappa shape index (κ1) is 18.6. The van der Waals surface area contributed by atoms with Crippen LogP contribution in [0.5, 0.6) is 5.75 Å². The molecular formula is C21H22FN3O2. The Labute approximate surface area is 157 Å². The van der Waals surface area contributed by atoms with Gasteiger partial charge in [0.05, 0.1) is 12.8 Å². The van der Waals surface area contributed by atoms with Gasteiger partial charge in [0.15, 0.2) is 0 Å². The first-order chi connectivity index (χ1) is 13.1. The van der Waals surface area contributed by atoms with E-state index in [1.165, 1.54) is 13.2 Å². The monoisotopic (exact) mass is 367 g/mol. The molecule has 0 bridgehead atoms. The first-order valence-electron chi connectivity index (χ1n) is 8.86. The fourth-order valence-corrected chi connectivity index (χ4v) is 2.86. The number of aryl methyl sites for hydroxylation is 1. The lowest BCUT2D eigenvalue weighted by Gasteiger charge is -2.06. The number of ether oxygens (including phenoxy) is 1. The van der Waals surface area contributed by atoms with Crippen LogP contribution >= 0.6 is 0 Å². The molecule has 1 N–H and O–H groups in total. The lowest BCUT2D eigenvalue weighted by molar-refractivity contribution is 0.0943. The molecule has 6 heteroatoms. The number of rotatable bonds is 7. The lowest BCUT2D eigenvalue weighted by Crippen LogP contribution is -2.28. The van der Waals surface area contributed by atoms with Crippen molar-refractivity contribution >= 4 is 5.91 Å². The Bertz CT molecular complexity index is 922. The number of nitrogens with zero attached hydrogens (tertiary/aromatic N) is 2. The van der Waals surface area contributed by atoms with Crippen molar-refractivity contribution in [3.05, 3.63) is 71.7 Å². The van der Waals surface area contributed by atoms with E-state index >= 15 is 0 Å². The number of halogens is 1. The number of carbonyl (C=O) groups excluding carboxylic acids is 1. The van der Waals surface area contributed by atoms with Gasteiger partial charge in [-0.05, 0) is 37.1 Å². The zero-order valence-electron chi connectivity index (χ0n) is 15.4. The van der Waals surface area contributed by atoms with Crippen LogP contribution in [0.15, 0.2) is 54.6 Å². The van der Waals surface area contributed by atoms with Crippen LogP contribution in [-0.2, 0) is 13.0 Å². The third-order valence-electron chi connectivity index (χ3n) is 4.31. The molecule has 0 radical (unpaired) electrons. The standard InChI is InChI=1S/C21H22FN3O2/c1-3-25-20(21(26)23-12-11-15-7-5-4-6-8-15)14-19(24-25)17-10-9-16(27-2)13-18(17)22/h4-10,13-14H,3,11-12H2,1-2H3,(H,23,26). The number of carbonyl (C=O) groups is 1. The topological polar surface area (TPSA) is 56.2 Å². The average Bonchev–Trinajstić information content (AvgIpc) is 3.13. The van der Waals surface area contributed by atoms with Gasteiger partial charge in [-0.2, -0.15) is 5.10 Å². The minimum atomic E-state index is -0.439. The molecule has 0 spiro atoms. The van der Waals surface area contributed by atoms with E-state index in [4.69, 9.17) is 4.74 Å². The van der Waals surface area contributed by atoms with Gasteiger partial charge in [0.25, 0.3) is 5.91 Å². The second kappa shape index (κ2) is 8.49. The predicted molar refractivity (Wildman–Crippen MR) is 102 cm³/mol. The average molecular weight is 367 g/mol. The van der Waals surface area contributed by atoms with Crippen molar-refractivity contribution in [1.29, 1.82) is 0 Å². The van der Waals surface area contributed by atoms with Crippen LogP contribution in [0.2, 0.25) is 0 Å². The van der Waals surface area contributed by atoms with Crippen molar-refractivity contribution in [3.8, 4) is 17.0 Å². The van der Waals surface area contributed by atoms with Gasteiger partial charge in [-0.25, -0.2) is 4.39 Å². The first-order valence-corrected chi connectivity index (χ1v) is 8.86. The SMILES string of the molecule is CCn1nc(-c2ccc(OC)cc2F)cc1C(=O)NCCc1ccccc1. The smallest absolute Gasteiger partial charge is 0.269 e. The molecule has 2 aromatic carbocycles. The molecule has 1 heterocycles. The van der Waals surface area contributed by atoms with Gasteiger partial charge in [0.2, 0.25) is 0 Å². The second-order valence-electron chi connectivity index (χ2n) is 6.07. The number of methoxy groups -OCH3 is 1. The molecule has 5 nitrogen and oxygen atoms in total. The maximum absolute atomic E-state index is 14.3. The summed E-state index contributed by atoms with van der Waals surface area (Å²) in [7, 11) is 1.48. The zero-order chi connectivity index (χ0) is 19.2. The van der Waals surface area contributed by atoms with Crippen molar-refractivity contribution in [3.63, 3.8) is 0 Å². The molecule has 3 rings (SSSR count). The summed E-state index contributed by atoms with van der Waals surface area (Å²) in [6.45, 7) is 2.92. The normalized spacial score (nSPS) is 10.6. The highest BCUT2D eigenvalue weighted by molar-refractivity contribution is 5.93. The Hall–Kier alpha value is -3.15. The van der Waals surface area contributed by atoms with Crippen LogP contribution in [0, 0.1) is 5.82 Å². The Morgan fingerprint density at radius 3 is 2.63 bits per heavy atom. The molecule has 0 unspecified atom stereocenters. The summed E-state index contributed by atoms with van der Waals surface area (Å²) in [5, 5.41) is 7.28. The molecule has 0 atom stereocenters. The van der Waals surface area contributed by atoms with Crippen LogP contribution < -0.4 is 10.1 Å². The number of hydrogen-bond donors (Lipinski definition) is 1. The van der Waals surface area contributed by atoms with E-state index < -0.39 is 5.82 Å². The Balaban J connectivity index is 1.75. The molecule has 3 aromatic rings. The van der Waals surface area contributed by atoms with E-state index in [1.807, 2.05) is 37.3 Å². The van der Waals surface area contributed by atoms with Gasteiger partial charge in [-0.3, -0.25) is 9.48 Å². The largest absolute Gasteiger partial charge is 0.497 e. The molecule has 0 aliphatic carbocycles. The van der Waals surface area contributed by atoms with Crippen LogP contribution in [0.3, 0.4) is 0 Å². The van der Waals surface area contributed by atoms with E-state index in [0.29, 0.717) is 35.8 Å². The number of hydrogen-bond acceptors (Lipinski definition) is 3. The third-order valence-corrected chi connectivity index (χ3v) is 4.31. The molecule has 0 aliphatic heterocycles. The number of benzene rings is 2. The molecule has 0 saturated heterocycles. The number of amides is 1. The molecule has 140 valence electrons. The van der Waals surface area contributed by atoms with Gasteiger partial charge < -0.3 is 10.1 Å². The van der Waals surface area contributed by atoms with Crippen molar-refractivity contribution in [1.82, 2.24) is 15.1 Å². The molecule has 0 aliphatic rings. The molecule has 1 aromatic heterocycles. The van der Waals surface area contributed by atoms with Gasteiger partial charge in [-0.1, -0.05) is 30.3 Å². The fraction of sp³-hybridized carbons (Fsp3) is 0.238. The summed E-state index contributed by atoms with van der Waals surface area (Å²) >= 11 is 0. The van der Waals surface area contributed by atoms with Crippen LogP contribution in [0.25, 0.3) is 11.3 Å². The summed E-state index contributed by atoms with van der Waals surface area (Å²) in [6.07, 6.45) is 0.743. The van der Waals surface area contributed by atoms with E-state index in [1.54, 1.807) is 22.9 Å². The third kappa shape index (κ3) is 4.34. The minimum absolute atomic E-state index is 0.222. The Morgan fingerprint density at radius 1 is 1.19 bits per heavy atom. The maximum Gasteiger partial charge on any atom is 0.269 e. The summed E-state index contributed by atoms with van der Waals surface area (Å²) in [5.74, 6) is -0.225. The van der Waals surface area contributed by atoms with Crippen LogP contribution in [0.1, 0.15) is 23.0 Å². The molecule has 0 saturated carbocycles. The molecule has 0 fully saturated rings. The number of nitrogens with one attached hydrogen (secondary N) is 1. The quantitative estimate of drug-likeness (QED) is 0.693.